The maximum Gasteiger partial charge on any atom is 0.303 e. The summed E-state index contributed by atoms with van der Waals surface area (Å²) >= 11 is 0. The molecule has 0 aliphatic heterocycles. The molecule has 5 nitrogen and oxygen atoms in total. The van der Waals surface area contributed by atoms with Crippen LogP contribution in [0.1, 0.15) is 17.5 Å². The molecule has 0 aromatic heterocycles. The van der Waals surface area contributed by atoms with Gasteiger partial charge in [-0.3, -0.25) is 4.79 Å². The number of nitrogens with zero attached hydrogens (tertiary/aromatic N) is 1. The zero-order chi connectivity index (χ0) is 24.1. The number of carboxylic acid groups (broad SMARTS) is 1. The molecule has 4 rings (SSSR count). The third-order valence-corrected chi connectivity index (χ3v) is 5.96. The quantitative estimate of drug-likeness (QED) is 0.313. The van der Waals surface area contributed by atoms with Crippen molar-refractivity contribution >= 4 is 28.1 Å². The molecule has 0 atom stereocenters. The number of carboxylic acids is 1. The van der Waals surface area contributed by atoms with Crippen LogP contribution in [0.4, 0.5) is 11.4 Å². The number of nitrogen functional groups attached to an aromatic ring is 1. The fourth-order valence-electron chi connectivity index (χ4n) is 4.07. The lowest BCUT2D eigenvalue weighted by atomic mass is 9.96. The van der Waals surface area contributed by atoms with Crippen molar-refractivity contribution in [3.8, 4) is 16.9 Å². The molecule has 0 saturated carbocycles. The van der Waals surface area contributed by atoms with Gasteiger partial charge in [-0.2, -0.15) is 0 Å². The molecule has 0 amide bonds. The van der Waals surface area contributed by atoms with E-state index in [1.165, 1.54) is 5.56 Å². The van der Waals surface area contributed by atoms with E-state index < -0.39 is 5.97 Å². The zero-order valence-corrected chi connectivity index (χ0v) is 19.6. The number of aliphatic carboxylic acids is 1. The molecule has 0 bridgehead atoms. The number of fused-ring (bicyclic) bond motifs is 1. The van der Waals surface area contributed by atoms with Crippen LogP contribution in [0.2, 0.25) is 0 Å². The average Bonchev–Trinajstić information content (AvgIpc) is 2.83. The molecule has 3 N–H and O–H groups in total. The van der Waals surface area contributed by atoms with Gasteiger partial charge in [-0.25, -0.2) is 0 Å². The highest BCUT2D eigenvalue weighted by Gasteiger charge is 2.14. The Kier molecular flexibility index (Phi) is 7.02. The molecular formula is C29H30N2O3. The minimum absolute atomic E-state index is 0.0553. The smallest absolute Gasteiger partial charge is 0.303 e. The van der Waals surface area contributed by atoms with E-state index in [2.05, 4.69) is 59.5 Å². The summed E-state index contributed by atoms with van der Waals surface area (Å²) in [6.45, 7) is 0.487. The van der Waals surface area contributed by atoms with E-state index in [9.17, 15) is 4.79 Å². The highest BCUT2D eigenvalue weighted by atomic mass is 16.5. The lowest BCUT2D eigenvalue weighted by molar-refractivity contribution is -0.136. The Labute approximate surface area is 200 Å². The van der Waals surface area contributed by atoms with E-state index in [1.54, 1.807) is 0 Å². The first-order chi connectivity index (χ1) is 16.4. The van der Waals surface area contributed by atoms with E-state index >= 15 is 0 Å². The van der Waals surface area contributed by atoms with Crippen LogP contribution in [0, 0.1) is 0 Å². The summed E-state index contributed by atoms with van der Waals surface area (Å²) in [5, 5.41) is 11.4. The Morgan fingerprint density at radius 1 is 0.882 bits per heavy atom. The van der Waals surface area contributed by atoms with Gasteiger partial charge >= 0.3 is 5.97 Å². The second-order valence-electron chi connectivity index (χ2n) is 8.68. The first-order valence-corrected chi connectivity index (χ1v) is 11.4. The predicted molar refractivity (Wildman–Crippen MR) is 140 cm³/mol. The summed E-state index contributed by atoms with van der Waals surface area (Å²) in [4.78, 5) is 13.2. The molecular weight excluding hydrogens is 424 g/mol. The summed E-state index contributed by atoms with van der Waals surface area (Å²) in [7, 11) is 4.05. The van der Waals surface area contributed by atoms with Crippen LogP contribution in [0.5, 0.6) is 5.75 Å². The Morgan fingerprint density at radius 3 is 2.32 bits per heavy atom. The lowest BCUT2D eigenvalue weighted by Crippen LogP contribution is -2.09. The molecule has 0 aliphatic carbocycles. The molecule has 0 aliphatic rings. The van der Waals surface area contributed by atoms with Gasteiger partial charge in [0.25, 0.3) is 0 Å². The summed E-state index contributed by atoms with van der Waals surface area (Å²) in [5.74, 6) is -0.189. The van der Waals surface area contributed by atoms with Crippen molar-refractivity contribution in [2.75, 3.05) is 31.3 Å². The van der Waals surface area contributed by atoms with Crippen molar-refractivity contribution in [2.45, 2.75) is 19.3 Å². The molecule has 174 valence electrons. The number of carbonyl (C=O) groups is 1. The van der Waals surface area contributed by atoms with Crippen LogP contribution in [-0.4, -0.2) is 31.8 Å². The predicted octanol–water partition coefficient (Wildman–Crippen LogP) is 5.79. The average molecular weight is 455 g/mol. The van der Waals surface area contributed by atoms with E-state index in [0.717, 1.165) is 39.6 Å². The highest BCUT2D eigenvalue weighted by molar-refractivity contribution is 5.89. The van der Waals surface area contributed by atoms with E-state index in [-0.39, 0.29) is 6.42 Å². The third-order valence-electron chi connectivity index (χ3n) is 5.96. The molecule has 0 unspecified atom stereocenters. The molecule has 4 aromatic rings. The zero-order valence-electron chi connectivity index (χ0n) is 19.6. The minimum atomic E-state index is -0.827. The minimum Gasteiger partial charge on any atom is -0.490 e. The number of anilines is 2. The van der Waals surface area contributed by atoms with Gasteiger partial charge in [0.2, 0.25) is 0 Å². The number of rotatable bonds is 9. The molecule has 0 radical (unpaired) electrons. The Balaban J connectivity index is 1.62. The Morgan fingerprint density at radius 2 is 1.62 bits per heavy atom. The monoisotopic (exact) mass is 454 g/mol. The van der Waals surface area contributed by atoms with Gasteiger partial charge in [-0.15, -0.1) is 0 Å². The van der Waals surface area contributed by atoms with Crippen molar-refractivity contribution in [3.05, 3.63) is 90.0 Å². The molecule has 5 heteroatoms. The second kappa shape index (κ2) is 10.3. The van der Waals surface area contributed by atoms with Crippen molar-refractivity contribution in [2.24, 2.45) is 0 Å². The molecule has 4 aromatic carbocycles. The van der Waals surface area contributed by atoms with E-state index in [4.69, 9.17) is 15.6 Å². The van der Waals surface area contributed by atoms with Crippen molar-refractivity contribution in [1.82, 2.24) is 0 Å². The molecule has 0 spiro atoms. The van der Waals surface area contributed by atoms with Gasteiger partial charge in [-0.05, 0) is 64.2 Å². The van der Waals surface area contributed by atoms with Gasteiger partial charge in [0, 0.05) is 38.2 Å². The largest absolute Gasteiger partial charge is 0.490 e. The number of hydrogen-bond acceptors (Lipinski definition) is 4. The molecule has 0 saturated heterocycles. The summed E-state index contributed by atoms with van der Waals surface area (Å²) in [6.07, 6.45) is 1.23. The molecule has 34 heavy (non-hydrogen) atoms. The first-order valence-electron chi connectivity index (χ1n) is 11.4. The van der Waals surface area contributed by atoms with E-state index in [0.29, 0.717) is 24.5 Å². The van der Waals surface area contributed by atoms with E-state index in [1.807, 2.05) is 38.4 Å². The SMILES string of the molecule is CN(C)c1ccc(CCOc2c(N)cc(CCC(=O)O)cc2-c2ccc3ccccc3c2)cc1. The number of aryl methyl sites for hydroxylation is 1. The Bertz CT molecular complexity index is 1300. The van der Waals surface area contributed by atoms with Gasteiger partial charge in [-0.1, -0.05) is 48.5 Å². The second-order valence-corrected chi connectivity index (χ2v) is 8.68. The molecule has 0 fully saturated rings. The first kappa shape index (κ1) is 23.2. The van der Waals surface area contributed by atoms with Gasteiger partial charge < -0.3 is 20.5 Å². The van der Waals surface area contributed by atoms with Crippen LogP contribution in [0.15, 0.2) is 78.9 Å². The van der Waals surface area contributed by atoms with Gasteiger partial charge in [0.05, 0.1) is 12.3 Å². The van der Waals surface area contributed by atoms with Crippen LogP contribution in [-0.2, 0) is 17.6 Å². The topological polar surface area (TPSA) is 75.8 Å². The van der Waals surface area contributed by atoms with Crippen molar-refractivity contribution < 1.29 is 14.6 Å². The molecule has 0 heterocycles. The number of ether oxygens (including phenoxy) is 1. The lowest BCUT2D eigenvalue weighted by Gasteiger charge is -2.17. The van der Waals surface area contributed by atoms with Crippen molar-refractivity contribution in [1.29, 1.82) is 0 Å². The standard InChI is InChI=1S/C29H30N2O3/c1-31(2)25-12-7-20(8-13-25)15-16-34-29-26(17-21(18-27(29)30)9-14-28(32)33)24-11-10-22-5-3-4-6-23(22)19-24/h3-8,10-13,17-19H,9,14-16,30H2,1-2H3,(H,32,33). The van der Waals surface area contributed by atoms with Crippen molar-refractivity contribution in [3.63, 3.8) is 0 Å². The number of nitrogens with two attached hydrogens (primary N) is 1. The maximum absolute atomic E-state index is 11.1. The normalized spacial score (nSPS) is 10.9. The Hall–Kier alpha value is -3.99. The van der Waals surface area contributed by atoms with Crippen LogP contribution in [0.25, 0.3) is 21.9 Å². The van der Waals surface area contributed by atoms with Gasteiger partial charge in [0.1, 0.15) is 5.75 Å². The fraction of sp³-hybridized carbons (Fsp3) is 0.207. The fourth-order valence-corrected chi connectivity index (χ4v) is 4.07. The van der Waals surface area contributed by atoms with Gasteiger partial charge in [0.15, 0.2) is 0 Å². The van der Waals surface area contributed by atoms with Crippen LogP contribution < -0.4 is 15.4 Å². The summed E-state index contributed by atoms with van der Waals surface area (Å²) in [6, 6.07) is 26.7. The van der Waals surface area contributed by atoms with Crippen LogP contribution in [0.3, 0.4) is 0 Å². The number of benzene rings is 4. The number of hydrogen-bond donors (Lipinski definition) is 2. The summed E-state index contributed by atoms with van der Waals surface area (Å²) < 4.78 is 6.24. The summed E-state index contributed by atoms with van der Waals surface area (Å²) in [5.41, 5.74) is 12.1. The van der Waals surface area contributed by atoms with Crippen LogP contribution >= 0.6 is 0 Å². The highest BCUT2D eigenvalue weighted by Crippen LogP contribution is 2.38. The third kappa shape index (κ3) is 5.49. The maximum atomic E-state index is 11.1.